The quantitative estimate of drug-likeness (QED) is 0.657. The van der Waals surface area contributed by atoms with E-state index < -0.39 is 0 Å². The number of rotatable bonds is 2. The molecule has 0 saturated carbocycles. The number of anilines is 2. The van der Waals surface area contributed by atoms with Crippen molar-refractivity contribution in [2.45, 2.75) is 20.3 Å². The third kappa shape index (κ3) is 3.00. The van der Waals surface area contributed by atoms with Crippen LogP contribution in [0.4, 0.5) is 11.4 Å². The first kappa shape index (κ1) is 13.7. The van der Waals surface area contributed by atoms with Gasteiger partial charge in [-0.05, 0) is 36.5 Å². The van der Waals surface area contributed by atoms with Crippen LogP contribution < -0.4 is 10.6 Å². The van der Waals surface area contributed by atoms with Crippen molar-refractivity contribution >= 4 is 17.3 Å². The van der Waals surface area contributed by atoms with Crippen LogP contribution in [0.1, 0.15) is 30.6 Å². The minimum atomic E-state index is -0.348. The van der Waals surface area contributed by atoms with Gasteiger partial charge in [0.15, 0.2) is 0 Å². The number of nitrogen functional groups attached to an aromatic ring is 1. The topological polar surface area (TPSA) is 55.6 Å². The molecule has 0 bridgehead atoms. The number of piperidine rings is 1. The molecule has 4 nitrogen and oxygen atoms in total. The summed E-state index contributed by atoms with van der Waals surface area (Å²) in [5, 5.41) is 0. The van der Waals surface area contributed by atoms with Crippen LogP contribution in [0.2, 0.25) is 0 Å². The maximum atomic E-state index is 11.5. The van der Waals surface area contributed by atoms with Gasteiger partial charge >= 0.3 is 5.97 Å². The summed E-state index contributed by atoms with van der Waals surface area (Å²) in [6, 6.07) is 5.40. The molecule has 1 fully saturated rings. The van der Waals surface area contributed by atoms with Crippen LogP contribution in [0.25, 0.3) is 0 Å². The Bertz CT molecular complexity index is 463. The van der Waals surface area contributed by atoms with Crippen molar-refractivity contribution in [3.05, 3.63) is 23.8 Å². The molecule has 1 aliphatic heterocycles. The Kier molecular flexibility index (Phi) is 3.98. The Labute approximate surface area is 114 Å². The zero-order valence-corrected chi connectivity index (χ0v) is 11.8. The maximum Gasteiger partial charge on any atom is 0.337 e. The van der Waals surface area contributed by atoms with Gasteiger partial charge in [-0.2, -0.15) is 0 Å². The molecular weight excluding hydrogens is 240 g/mol. The van der Waals surface area contributed by atoms with Gasteiger partial charge in [0.25, 0.3) is 0 Å². The fourth-order valence-corrected chi connectivity index (χ4v) is 2.95. The van der Waals surface area contributed by atoms with E-state index in [1.165, 1.54) is 13.5 Å². The molecule has 0 unspecified atom stereocenters. The molecule has 0 amide bonds. The number of ether oxygens (including phenoxy) is 1. The monoisotopic (exact) mass is 262 g/mol. The van der Waals surface area contributed by atoms with Gasteiger partial charge in [-0.3, -0.25) is 0 Å². The number of hydrogen-bond donors (Lipinski definition) is 1. The summed E-state index contributed by atoms with van der Waals surface area (Å²) in [7, 11) is 1.38. The van der Waals surface area contributed by atoms with Crippen molar-refractivity contribution in [3.8, 4) is 0 Å². The molecule has 2 rings (SSSR count). The molecule has 2 N–H and O–H groups in total. The largest absolute Gasteiger partial charge is 0.465 e. The molecule has 104 valence electrons. The van der Waals surface area contributed by atoms with Gasteiger partial charge in [0, 0.05) is 13.1 Å². The van der Waals surface area contributed by atoms with Gasteiger partial charge in [0.2, 0.25) is 0 Å². The van der Waals surface area contributed by atoms with Crippen molar-refractivity contribution in [2.24, 2.45) is 11.8 Å². The number of nitrogens with two attached hydrogens (primary N) is 1. The highest BCUT2D eigenvalue weighted by molar-refractivity contribution is 5.92. The Hall–Kier alpha value is -1.71. The summed E-state index contributed by atoms with van der Waals surface area (Å²) < 4.78 is 4.70. The zero-order chi connectivity index (χ0) is 14.0. The third-order valence-electron chi connectivity index (χ3n) is 3.66. The lowest BCUT2D eigenvalue weighted by atomic mass is 9.91. The minimum Gasteiger partial charge on any atom is -0.465 e. The predicted octanol–water partition coefficient (Wildman–Crippen LogP) is 2.54. The second-order valence-corrected chi connectivity index (χ2v) is 5.62. The van der Waals surface area contributed by atoms with Gasteiger partial charge in [0.05, 0.1) is 24.0 Å². The van der Waals surface area contributed by atoms with E-state index in [0.717, 1.165) is 18.8 Å². The normalized spacial score (nSPS) is 23.2. The highest BCUT2D eigenvalue weighted by Gasteiger charge is 2.23. The van der Waals surface area contributed by atoms with Crippen LogP contribution in [0.3, 0.4) is 0 Å². The number of methoxy groups -OCH3 is 1. The fourth-order valence-electron chi connectivity index (χ4n) is 2.95. The summed E-state index contributed by atoms with van der Waals surface area (Å²) in [5.41, 5.74) is 8.25. The standard InChI is InChI=1S/C15H22N2O2/c1-10-6-11(2)9-17(8-10)14-5-4-12(7-13(14)16)15(18)19-3/h4-5,7,10-11H,6,8-9,16H2,1-3H3/t10-,11-/m0/s1. The van der Waals surface area contributed by atoms with E-state index in [1.54, 1.807) is 12.1 Å². The van der Waals surface area contributed by atoms with Crippen LogP contribution in [-0.2, 0) is 4.74 Å². The van der Waals surface area contributed by atoms with E-state index in [2.05, 4.69) is 18.7 Å². The van der Waals surface area contributed by atoms with Gasteiger partial charge in [-0.25, -0.2) is 4.79 Å². The van der Waals surface area contributed by atoms with Crippen molar-refractivity contribution in [3.63, 3.8) is 0 Å². The lowest BCUT2D eigenvalue weighted by molar-refractivity contribution is 0.0601. The predicted molar refractivity (Wildman–Crippen MR) is 77.4 cm³/mol. The Morgan fingerprint density at radius 1 is 1.32 bits per heavy atom. The number of esters is 1. The number of carbonyl (C=O) groups excluding carboxylic acids is 1. The van der Waals surface area contributed by atoms with Crippen molar-refractivity contribution in [1.29, 1.82) is 0 Å². The molecule has 0 spiro atoms. The molecule has 1 aromatic carbocycles. The average molecular weight is 262 g/mol. The zero-order valence-electron chi connectivity index (χ0n) is 11.8. The molecule has 1 heterocycles. The summed E-state index contributed by atoms with van der Waals surface area (Å²) in [6.07, 6.45) is 1.26. The SMILES string of the molecule is COC(=O)c1ccc(N2C[C@@H](C)C[C@H](C)C2)c(N)c1. The van der Waals surface area contributed by atoms with E-state index in [1.807, 2.05) is 6.07 Å². The highest BCUT2D eigenvalue weighted by atomic mass is 16.5. The molecule has 0 radical (unpaired) electrons. The van der Waals surface area contributed by atoms with E-state index in [4.69, 9.17) is 10.5 Å². The van der Waals surface area contributed by atoms with Gasteiger partial charge in [0.1, 0.15) is 0 Å². The smallest absolute Gasteiger partial charge is 0.337 e. The lowest BCUT2D eigenvalue weighted by Gasteiger charge is -2.37. The first-order chi connectivity index (χ1) is 9.01. The summed E-state index contributed by atoms with van der Waals surface area (Å²) >= 11 is 0. The number of hydrogen-bond acceptors (Lipinski definition) is 4. The minimum absolute atomic E-state index is 0.348. The van der Waals surface area contributed by atoms with Gasteiger partial charge in [-0.15, -0.1) is 0 Å². The number of nitrogens with zero attached hydrogens (tertiary/aromatic N) is 1. The van der Waals surface area contributed by atoms with Gasteiger partial charge in [-0.1, -0.05) is 13.8 Å². The first-order valence-corrected chi connectivity index (χ1v) is 6.74. The second kappa shape index (κ2) is 5.51. The van der Waals surface area contributed by atoms with Crippen LogP contribution in [-0.4, -0.2) is 26.2 Å². The van der Waals surface area contributed by atoms with E-state index in [0.29, 0.717) is 23.1 Å². The van der Waals surface area contributed by atoms with E-state index >= 15 is 0 Å². The fraction of sp³-hybridized carbons (Fsp3) is 0.533. The first-order valence-electron chi connectivity index (χ1n) is 6.74. The number of benzene rings is 1. The van der Waals surface area contributed by atoms with E-state index in [9.17, 15) is 4.79 Å². The maximum absolute atomic E-state index is 11.5. The molecule has 1 saturated heterocycles. The molecule has 2 atom stereocenters. The Balaban J connectivity index is 2.23. The van der Waals surface area contributed by atoms with Crippen molar-refractivity contribution < 1.29 is 9.53 Å². The molecule has 4 heteroatoms. The van der Waals surface area contributed by atoms with Gasteiger partial charge < -0.3 is 15.4 Å². The molecule has 19 heavy (non-hydrogen) atoms. The van der Waals surface area contributed by atoms with Crippen LogP contribution in [0.15, 0.2) is 18.2 Å². The Morgan fingerprint density at radius 2 is 1.95 bits per heavy atom. The lowest BCUT2D eigenvalue weighted by Crippen LogP contribution is -2.39. The molecule has 0 aromatic heterocycles. The number of carbonyl (C=O) groups is 1. The van der Waals surface area contributed by atoms with Crippen LogP contribution in [0, 0.1) is 11.8 Å². The third-order valence-corrected chi connectivity index (χ3v) is 3.66. The average Bonchev–Trinajstić information content (AvgIpc) is 2.36. The highest BCUT2D eigenvalue weighted by Crippen LogP contribution is 2.30. The molecular formula is C15H22N2O2. The van der Waals surface area contributed by atoms with Crippen LogP contribution in [0.5, 0.6) is 0 Å². The van der Waals surface area contributed by atoms with E-state index in [-0.39, 0.29) is 5.97 Å². The van der Waals surface area contributed by atoms with Crippen LogP contribution >= 0.6 is 0 Å². The summed E-state index contributed by atoms with van der Waals surface area (Å²) in [5.74, 6) is 0.991. The molecule has 0 aliphatic carbocycles. The molecule has 1 aliphatic rings. The Morgan fingerprint density at radius 3 is 2.47 bits per heavy atom. The second-order valence-electron chi connectivity index (χ2n) is 5.62. The summed E-state index contributed by atoms with van der Waals surface area (Å²) in [4.78, 5) is 13.8. The molecule has 1 aromatic rings. The van der Waals surface area contributed by atoms with Crippen molar-refractivity contribution in [2.75, 3.05) is 30.8 Å². The van der Waals surface area contributed by atoms with Crippen molar-refractivity contribution in [1.82, 2.24) is 0 Å². The summed E-state index contributed by atoms with van der Waals surface area (Å²) in [6.45, 7) is 6.57.